The van der Waals surface area contributed by atoms with Crippen molar-refractivity contribution < 1.29 is 0 Å². The summed E-state index contributed by atoms with van der Waals surface area (Å²) in [6.07, 6.45) is 0. The Kier molecular flexibility index (Phi) is 2.76. The van der Waals surface area contributed by atoms with E-state index in [1.165, 1.54) is 0 Å². The molecule has 0 fully saturated rings. The minimum absolute atomic E-state index is 0.341. The van der Waals surface area contributed by atoms with Crippen molar-refractivity contribution in [3.05, 3.63) is 24.6 Å². The molecule has 0 saturated heterocycles. The van der Waals surface area contributed by atoms with Gasteiger partial charge in [-0.15, -0.1) is 13.2 Å². The van der Waals surface area contributed by atoms with Crippen LogP contribution in [-0.2, 0) is 0 Å². The highest BCUT2D eigenvalue weighted by molar-refractivity contribution is 6.67. The van der Waals surface area contributed by atoms with Crippen molar-refractivity contribution in [3.63, 3.8) is 0 Å². The minimum atomic E-state index is -0.341. The lowest BCUT2D eigenvalue weighted by molar-refractivity contribution is 2.11. The first-order valence-corrected chi connectivity index (χ1v) is 4.05. The Balaban J connectivity index is 3.21. The molecule has 33 valence electrons. The molecule has 0 aliphatic rings. The molecule has 1 radical (unpaired) electrons. The van der Waals surface area contributed by atoms with Gasteiger partial charge in [-0.05, 0) is 0 Å². The standard InChI is InChI=1S/C5H9Si/c1-4-6(3)5-2/h4-5H,1-2H2,3H3. The molecule has 1 heteroatoms. The van der Waals surface area contributed by atoms with Gasteiger partial charge in [-0.25, -0.2) is 0 Å². The molecule has 0 atom stereocenters. The van der Waals surface area contributed by atoms with E-state index in [2.05, 4.69) is 19.7 Å². The normalized spacial score (nSPS) is 8.33. The molecule has 0 aromatic carbocycles. The largest absolute Gasteiger partial charge is 0.107 e. The summed E-state index contributed by atoms with van der Waals surface area (Å²) in [5, 5.41) is 0. The van der Waals surface area contributed by atoms with Crippen LogP contribution in [0.1, 0.15) is 0 Å². The lowest BCUT2D eigenvalue weighted by Gasteiger charge is -1.84. The molecule has 0 heterocycles. The molecular weight excluding hydrogens is 88.1 g/mol. The lowest BCUT2D eigenvalue weighted by atomic mass is 11.2. The first kappa shape index (κ1) is 5.70. The fourth-order valence-electron chi connectivity index (χ4n) is 0.0833. The summed E-state index contributed by atoms with van der Waals surface area (Å²) >= 11 is 0. The maximum Gasteiger partial charge on any atom is 0.0985 e. The van der Waals surface area contributed by atoms with Crippen LogP contribution in [0.25, 0.3) is 0 Å². The third-order valence-corrected chi connectivity index (χ3v) is 1.93. The minimum Gasteiger partial charge on any atom is -0.107 e. The van der Waals surface area contributed by atoms with E-state index in [1.54, 1.807) is 0 Å². The zero-order chi connectivity index (χ0) is 4.99. The summed E-state index contributed by atoms with van der Waals surface area (Å²) in [6, 6.07) is 0. The molecular formula is C5H9Si. The summed E-state index contributed by atoms with van der Waals surface area (Å²) in [5.74, 6) is 0. The Labute approximate surface area is 40.8 Å². The van der Waals surface area contributed by atoms with E-state index in [0.717, 1.165) is 0 Å². The summed E-state index contributed by atoms with van der Waals surface area (Å²) < 4.78 is 0. The van der Waals surface area contributed by atoms with Gasteiger partial charge >= 0.3 is 0 Å². The van der Waals surface area contributed by atoms with Crippen LogP contribution in [0.15, 0.2) is 24.6 Å². The van der Waals surface area contributed by atoms with Gasteiger partial charge in [0.1, 0.15) is 0 Å². The third kappa shape index (κ3) is 1.97. The summed E-state index contributed by atoms with van der Waals surface area (Å²) in [4.78, 5) is 0. The van der Waals surface area contributed by atoms with Crippen LogP contribution in [0.4, 0.5) is 0 Å². The first-order valence-electron chi connectivity index (χ1n) is 1.89. The van der Waals surface area contributed by atoms with E-state index in [9.17, 15) is 0 Å². The molecule has 0 aliphatic heterocycles. The van der Waals surface area contributed by atoms with Crippen molar-refractivity contribution in [3.8, 4) is 0 Å². The van der Waals surface area contributed by atoms with E-state index in [0.29, 0.717) is 0 Å². The quantitative estimate of drug-likeness (QED) is 0.459. The van der Waals surface area contributed by atoms with Crippen molar-refractivity contribution >= 4 is 8.80 Å². The summed E-state index contributed by atoms with van der Waals surface area (Å²) in [5.41, 5.74) is 3.91. The molecule has 0 amide bonds. The van der Waals surface area contributed by atoms with Crippen LogP contribution >= 0.6 is 0 Å². The molecule has 0 aromatic rings. The topological polar surface area (TPSA) is 0 Å². The van der Waals surface area contributed by atoms with Gasteiger partial charge in [0.05, 0.1) is 8.80 Å². The summed E-state index contributed by atoms with van der Waals surface area (Å²) in [6.45, 7) is 9.35. The highest BCUT2D eigenvalue weighted by Gasteiger charge is 1.83. The average Bonchev–Trinajstić information content (AvgIpc) is 1.65. The Morgan fingerprint density at radius 1 is 1.33 bits per heavy atom. The number of hydrogen-bond donors (Lipinski definition) is 0. The second kappa shape index (κ2) is 2.91. The molecule has 0 N–H and O–H groups in total. The number of rotatable bonds is 2. The average molecular weight is 97.2 g/mol. The molecule has 0 rings (SSSR count). The lowest BCUT2D eigenvalue weighted by Crippen LogP contribution is -1.93. The van der Waals surface area contributed by atoms with Crippen molar-refractivity contribution in [2.24, 2.45) is 0 Å². The Morgan fingerprint density at radius 3 is 1.67 bits per heavy atom. The van der Waals surface area contributed by atoms with Crippen LogP contribution in [0, 0.1) is 0 Å². The van der Waals surface area contributed by atoms with Gasteiger partial charge in [0.15, 0.2) is 0 Å². The van der Waals surface area contributed by atoms with Crippen molar-refractivity contribution in [1.29, 1.82) is 0 Å². The second-order valence-electron chi connectivity index (χ2n) is 1.15. The van der Waals surface area contributed by atoms with Gasteiger partial charge in [0, 0.05) is 0 Å². The van der Waals surface area contributed by atoms with E-state index in [1.807, 2.05) is 11.4 Å². The van der Waals surface area contributed by atoms with E-state index < -0.39 is 0 Å². The molecule has 0 saturated carbocycles. The van der Waals surface area contributed by atoms with Crippen molar-refractivity contribution in [1.82, 2.24) is 0 Å². The Morgan fingerprint density at radius 2 is 1.67 bits per heavy atom. The third-order valence-electron chi connectivity index (χ3n) is 0.644. The van der Waals surface area contributed by atoms with Gasteiger partial charge in [0.25, 0.3) is 0 Å². The highest BCUT2D eigenvalue weighted by Crippen LogP contribution is 1.78. The van der Waals surface area contributed by atoms with Gasteiger partial charge in [0.2, 0.25) is 0 Å². The molecule has 6 heavy (non-hydrogen) atoms. The maximum absolute atomic E-state index is 3.61. The monoisotopic (exact) mass is 97.0 g/mol. The predicted molar refractivity (Wildman–Crippen MR) is 32.0 cm³/mol. The van der Waals surface area contributed by atoms with Crippen molar-refractivity contribution in [2.75, 3.05) is 0 Å². The fourth-order valence-corrected chi connectivity index (χ4v) is 0.250. The fraction of sp³-hybridized carbons (Fsp3) is 0.200. The number of hydrogen-bond acceptors (Lipinski definition) is 0. The molecule has 0 aromatic heterocycles. The van der Waals surface area contributed by atoms with Gasteiger partial charge < -0.3 is 0 Å². The second-order valence-corrected chi connectivity index (χ2v) is 3.46. The summed E-state index contributed by atoms with van der Waals surface area (Å²) in [7, 11) is -0.341. The van der Waals surface area contributed by atoms with Gasteiger partial charge in [-0.1, -0.05) is 17.9 Å². The first-order chi connectivity index (χ1) is 2.81. The molecule has 0 spiro atoms. The highest BCUT2D eigenvalue weighted by atomic mass is 28.3. The van der Waals surface area contributed by atoms with E-state index >= 15 is 0 Å². The maximum atomic E-state index is 3.61. The Bertz CT molecular complexity index is 49.0. The zero-order valence-corrected chi connectivity index (χ0v) is 5.07. The van der Waals surface area contributed by atoms with Crippen molar-refractivity contribution in [2.45, 2.75) is 6.55 Å². The van der Waals surface area contributed by atoms with Gasteiger partial charge in [-0.2, -0.15) is 0 Å². The Hall–Kier alpha value is -0.303. The smallest absolute Gasteiger partial charge is 0.0985 e. The predicted octanol–water partition coefficient (Wildman–Crippen LogP) is 1.56. The molecule has 0 bridgehead atoms. The van der Waals surface area contributed by atoms with Gasteiger partial charge in [-0.3, -0.25) is 0 Å². The van der Waals surface area contributed by atoms with Crippen LogP contribution in [-0.4, -0.2) is 8.80 Å². The molecule has 0 unspecified atom stereocenters. The SMILES string of the molecule is C=C[Si](C)C=C. The van der Waals surface area contributed by atoms with Crippen LogP contribution < -0.4 is 0 Å². The van der Waals surface area contributed by atoms with Crippen LogP contribution in [0.5, 0.6) is 0 Å². The van der Waals surface area contributed by atoms with E-state index in [-0.39, 0.29) is 8.80 Å². The molecule has 0 nitrogen and oxygen atoms in total. The molecule has 0 aliphatic carbocycles. The van der Waals surface area contributed by atoms with Crippen LogP contribution in [0.3, 0.4) is 0 Å². The zero-order valence-electron chi connectivity index (χ0n) is 4.07. The van der Waals surface area contributed by atoms with E-state index in [4.69, 9.17) is 0 Å². The van der Waals surface area contributed by atoms with Crippen LogP contribution in [0.2, 0.25) is 6.55 Å².